The van der Waals surface area contributed by atoms with Crippen molar-refractivity contribution >= 4 is 21.9 Å². The maximum absolute atomic E-state index is 4.39. The molecule has 0 heteroatoms. The number of hydrogen-bond donors (Lipinski definition) is 0. The Hall–Kier alpha value is -3.90. The highest BCUT2D eigenvalue weighted by Gasteiger charge is 2.27. The summed E-state index contributed by atoms with van der Waals surface area (Å²) in [6.45, 7) is 6.60. The zero-order valence-corrected chi connectivity index (χ0v) is 19.9. The second-order valence-corrected chi connectivity index (χ2v) is 10.3. The predicted molar refractivity (Wildman–Crippen MR) is 148 cm³/mol. The van der Waals surface area contributed by atoms with Crippen LogP contribution in [0.25, 0.3) is 55.3 Å². The third-order valence-electron chi connectivity index (χ3n) is 8.40. The Kier molecular flexibility index (Phi) is 3.79. The molecule has 0 amide bonds. The molecule has 5 aromatic carbocycles. The standard InChI is InChI=1S/C35H25/c1-20(2)21-18-32-25-11-6-5-10-24(25)31-17-15-27(33(19-21)35(31)32)26-14-16-30-23-9-4-3-8-22(23)28-12-7-13-29(26)34(28)30/h3-14,16,18-20H,1,15,17H2,2H3/q-1. The maximum Gasteiger partial charge on any atom is -0.00203 e. The van der Waals surface area contributed by atoms with E-state index < -0.39 is 0 Å². The second-order valence-electron chi connectivity index (χ2n) is 10.3. The van der Waals surface area contributed by atoms with E-state index in [2.05, 4.69) is 105 Å². The summed E-state index contributed by atoms with van der Waals surface area (Å²) >= 11 is 0. The molecular formula is C35H25-. The van der Waals surface area contributed by atoms with Crippen LogP contribution < -0.4 is 10.4 Å². The summed E-state index contributed by atoms with van der Waals surface area (Å²) in [6, 6.07) is 34.3. The van der Waals surface area contributed by atoms with E-state index in [1.807, 2.05) is 0 Å². The first-order chi connectivity index (χ1) is 17.2. The van der Waals surface area contributed by atoms with Crippen molar-refractivity contribution in [2.45, 2.75) is 25.7 Å². The van der Waals surface area contributed by atoms with E-state index in [9.17, 15) is 0 Å². The molecule has 0 bridgehead atoms. The smallest absolute Gasteiger partial charge is 0.00203 e. The summed E-state index contributed by atoms with van der Waals surface area (Å²) in [7, 11) is 0. The first-order valence-electron chi connectivity index (χ1n) is 12.7. The highest BCUT2D eigenvalue weighted by molar-refractivity contribution is 6.17. The second kappa shape index (κ2) is 6.83. The van der Waals surface area contributed by atoms with Gasteiger partial charge in [0.25, 0.3) is 0 Å². The van der Waals surface area contributed by atoms with Crippen molar-refractivity contribution < 1.29 is 0 Å². The van der Waals surface area contributed by atoms with E-state index in [1.165, 1.54) is 82.4 Å². The molecule has 0 aromatic heterocycles. The fraction of sp³-hybridized carbons (Fsp3) is 0.114. The SMILES string of the molecule is [CH2-]C(C)c1cc2c3c(c1)=C(c1ccc4c5c(cccc15)-c1ccccc1-4)CCC=3c1ccccc1-2. The summed E-state index contributed by atoms with van der Waals surface area (Å²) in [6.07, 6.45) is 2.16. The van der Waals surface area contributed by atoms with Crippen molar-refractivity contribution in [1.82, 2.24) is 0 Å². The van der Waals surface area contributed by atoms with Gasteiger partial charge in [-0.2, -0.15) is 0 Å². The average Bonchev–Trinajstić information content (AvgIpc) is 3.40. The fourth-order valence-electron chi connectivity index (χ4n) is 6.84. The van der Waals surface area contributed by atoms with Gasteiger partial charge in [0.15, 0.2) is 0 Å². The third kappa shape index (κ3) is 2.47. The van der Waals surface area contributed by atoms with Crippen molar-refractivity contribution in [1.29, 1.82) is 0 Å². The van der Waals surface area contributed by atoms with Crippen LogP contribution in [0.15, 0.2) is 91.0 Å². The molecule has 0 aliphatic heterocycles. The Morgan fingerprint density at radius 2 is 1.17 bits per heavy atom. The minimum atomic E-state index is 0.248. The van der Waals surface area contributed by atoms with E-state index in [0.29, 0.717) is 0 Å². The Bertz CT molecular complexity index is 1830. The Morgan fingerprint density at radius 3 is 1.91 bits per heavy atom. The predicted octanol–water partition coefficient (Wildman–Crippen LogP) is 7.60. The Labute approximate surface area is 205 Å². The molecule has 1 atom stereocenters. The molecule has 0 spiro atoms. The third-order valence-corrected chi connectivity index (χ3v) is 8.40. The molecule has 8 rings (SSSR count). The molecule has 0 N–H and O–H groups in total. The van der Waals surface area contributed by atoms with Crippen molar-refractivity contribution in [3.63, 3.8) is 0 Å². The molecule has 1 unspecified atom stereocenters. The minimum Gasteiger partial charge on any atom is -0.336 e. The first kappa shape index (κ1) is 19.4. The quantitative estimate of drug-likeness (QED) is 0.241. The molecule has 166 valence electrons. The molecule has 35 heavy (non-hydrogen) atoms. The van der Waals surface area contributed by atoms with Crippen molar-refractivity contribution in [2.75, 3.05) is 0 Å². The lowest BCUT2D eigenvalue weighted by atomic mass is 9.85. The monoisotopic (exact) mass is 445 g/mol. The van der Waals surface area contributed by atoms with E-state index in [0.717, 1.165) is 12.8 Å². The number of hydrogen-bond acceptors (Lipinski definition) is 0. The molecule has 0 nitrogen and oxygen atoms in total. The molecule has 3 aliphatic rings. The Morgan fingerprint density at radius 1 is 0.571 bits per heavy atom. The van der Waals surface area contributed by atoms with Gasteiger partial charge in [0.2, 0.25) is 0 Å². The zero-order chi connectivity index (χ0) is 23.3. The van der Waals surface area contributed by atoms with Crippen LogP contribution in [-0.2, 0) is 0 Å². The topological polar surface area (TPSA) is 0 Å². The number of rotatable bonds is 2. The molecule has 0 fully saturated rings. The van der Waals surface area contributed by atoms with Crippen molar-refractivity contribution in [3.05, 3.63) is 125 Å². The number of benzene rings is 5. The van der Waals surface area contributed by atoms with Gasteiger partial charge in [-0.15, -0.1) is 5.92 Å². The lowest BCUT2D eigenvalue weighted by Crippen LogP contribution is -2.33. The van der Waals surface area contributed by atoms with Crippen LogP contribution in [0.2, 0.25) is 0 Å². The fourth-order valence-corrected chi connectivity index (χ4v) is 6.84. The van der Waals surface area contributed by atoms with Crippen LogP contribution in [0.1, 0.15) is 42.4 Å². The first-order valence-corrected chi connectivity index (χ1v) is 12.7. The largest absolute Gasteiger partial charge is 0.336 e. The van der Waals surface area contributed by atoms with Gasteiger partial charge in [0.1, 0.15) is 0 Å². The van der Waals surface area contributed by atoms with Crippen LogP contribution >= 0.6 is 0 Å². The average molecular weight is 446 g/mol. The summed E-state index contributed by atoms with van der Waals surface area (Å²) in [5, 5.41) is 5.67. The van der Waals surface area contributed by atoms with Gasteiger partial charge < -0.3 is 6.92 Å². The number of fused-ring (bicyclic) bond motifs is 6. The normalized spacial score (nSPS) is 15.3. The molecule has 0 heterocycles. The van der Waals surface area contributed by atoms with Crippen molar-refractivity contribution in [2.24, 2.45) is 0 Å². The lowest BCUT2D eigenvalue weighted by Gasteiger charge is -2.20. The zero-order valence-electron chi connectivity index (χ0n) is 19.9. The van der Waals surface area contributed by atoms with E-state index in [-0.39, 0.29) is 5.92 Å². The maximum atomic E-state index is 4.39. The summed E-state index contributed by atoms with van der Waals surface area (Å²) in [5.41, 5.74) is 15.4. The summed E-state index contributed by atoms with van der Waals surface area (Å²) in [4.78, 5) is 0. The molecule has 0 radical (unpaired) electrons. The van der Waals surface area contributed by atoms with Crippen LogP contribution in [0.3, 0.4) is 0 Å². The van der Waals surface area contributed by atoms with E-state index >= 15 is 0 Å². The highest BCUT2D eigenvalue weighted by atomic mass is 14.3. The molecule has 0 saturated heterocycles. The van der Waals surface area contributed by atoms with E-state index in [4.69, 9.17) is 0 Å². The lowest BCUT2D eigenvalue weighted by molar-refractivity contribution is 0.957. The van der Waals surface area contributed by atoms with Gasteiger partial charge in [-0.25, -0.2) is 0 Å². The van der Waals surface area contributed by atoms with Gasteiger partial charge in [-0.1, -0.05) is 103 Å². The van der Waals surface area contributed by atoms with Crippen LogP contribution in [0.5, 0.6) is 0 Å². The van der Waals surface area contributed by atoms with Gasteiger partial charge in [0.05, 0.1) is 0 Å². The van der Waals surface area contributed by atoms with Gasteiger partial charge in [-0.05, 0) is 89.7 Å². The van der Waals surface area contributed by atoms with Gasteiger partial charge >= 0.3 is 0 Å². The Balaban J connectivity index is 1.51. The summed E-state index contributed by atoms with van der Waals surface area (Å²) in [5.74, 6) is 0.248. The summed E-state index contributed by atoms with van der Waals surface area (Å²) < 4.78 is 0. The van der Waals surface area contributed by atoms with Crippen LogP contribution in [0, 0.1) is 6.92 Å². The van der Waals surface area contributed by atoms with Crippen LogP contribution in [0.4, 0.5) is 0 Å². The van der Waals surface area contributed by atoms with Gasteiger partial charge in [-0.3, -0.25) is 0 Å². The minimum absolute atomic E-state index is 0.248. The van der Waals surface area contributed by atoms with Crippen molar-refractivity contribution in [3.8, 4) is 33.4 Å². The van der Waals surface area contributed by atoms with E-state index in [1.54, 1.807) is 0 Å². The van der Waals surface area contributed by atoms with Crippen LogP contribution in [-0.4, -0.2) is 0 Å². The molecular weight excluding hydrogens is 420 g/mol. The highest BCUT2D eigenvalue weighted by Crippen LogP contribution is 2.49. The van der Waals surface area contributed by atoms with Gasteiger partial charge in [0, 0.05) is 0 Å². The molecule has 0 saturated carbocycles. The molecule has 3 aliphatic carbocycles. The molecule has 5 aromatic rings.